The van der Waals surface area contributed by atoms with Crippen molar-refractivity contribution in [1.82, 2.24) is 19.4 Å². The summed E-state index contributed by atoms with van der Waals surface area (Å²) in [7, 11) is 0. The van der Waals surface area contributed by atoms with E-state index < -0.39 is 23.2 Å². The molecule has 0 unspecified atom stereocenters. The Morgan fingerprint density at radius 1 is 1.18 bits per heavy atom. The normalized spacial score (nSPS) is 17.1. The van der Waals surface area contributed by atoms with Crippen LogP contribution in [0, 0.1) is 11.6 Å². The van der Waals surface area contributed by atoms with Gasteiger partial charge in [0, 0.05) is 30.3 Å². The number of halogens is 4. The second kappa shape index (κ2) is 10.9. The number of carbonyl (C=O) groups is 1. The first-order chi connectivity index (χ1) is 19.3. The molecule has 0 aliphatic carbocycles. The highest BCUT2D eigenvalue weighted by Crippen LogP contribution is 2.31. The molecule has 1 atom stereocenters. The molecule has 0 amide bonds. The number of benzene rings is 2. The molecule has 0 radical (unpaired) electrons. The van der Waals surface area contributed by atoms with Crippen molar-refractivity contribution in [2.75, 3.05) is 13.2 Å². The van der Waals surface area contributed by atoms with Crippen LogP contribution in [0.3, 0.4) is 0 Å². The minimum Gasteiger partial charge on any atom is -0.478 e. The molecule has 8 nitrogen and oxygen atoms in total. The molecule has 0 saturated carbocycles. The van der Waals surface area contributed by atoms with Crippen LogP contribution in [-0.4, -0.2) is 49.8 Å². The average molecular weight is 589 g/mol. The fourth-order valence-electron chi connectivity index (χ4n) is 5.03. The maximum atomic E-state index is 15.3. The van der Waals surface area contributed by atoms with Crippen molar-refractivity contribution in [1.29, 1.82) is 0 Å². The van der Waals surface area contributed by atoms with Gasteiger partial charge in [0.1, 0.15) is 28.8 Å². The summed E-state index contributed by atoms with van der Waals surface area (Å²) in [5, 5.41) is 10.1. The lowest BCUT2D eigenvalue weighted by Gasteiger charge is -2.30. The maximum absolute atomic E-state index is 15.3. The molecule has 12 heteroatoms. The molecule has 2 aromatic heterocycles. The number of aromatic nitrogens is 3. The van der Waals surface area contributed by atoms with Gasteiger partial charge < -0.3 is 19.1 Å². The van der Waals surface area contributed by atoms with Crippen molar-refractivity contribution in [3.63, 3.8) is 0 Å². The molecule has 1 fully saturated rings. The summed E-state index contributed by atoms with van der Waals surface area (Å²) >= 11 is 12.3. The molecule has 6 rings (SSSR count). The van der Waals surface area contributed by atoms with E-state index in [0.29, 0.717) is 66.2 Å². The molecule has 1 saturated heterocycles. The number of pyridine rings is 1. The van der Waals surface area contributed by atoms with Crippen LogP contribution in [0.1, 0.15) is 39.4 Å². The second-order valence-electron chi connectivity index (χ2n) is 9.89. The lowest BCUT2D eigenvalue weighted by molar-refractivity contribution is -0.0592. The van der Waals surface area contributed by atoms with Crippen LogP contribution in [0.4, 0.5) is 8.78 Å². The predicted octanol–water partition coefficient (Wildman–Crippen LogP) is 5.64. The minimum absolute atomic E-state index is 0.0601. The zero-order valence-corrected chi connectivity index (χ0v) is 22.7. The third-order valence-electron chi connectivity index (χ3n) is 7.26. The molecule has 208 valence electrons. The van der Waals surface area contributed by atoms with Crippen molar-refractivity contribution in [2.45, 2.75) is 45.2 Å². The average Bonchev–Trinajstić information content (AvgIpc) is 3.23. The maximum Gasteiger partial charge on any atom is 0.338 e. The Kier molecular flexibility index (Phi) is 7.35. The first-order valence-corrected chi connectivity index (χ1v) is 13.5. The second-order valence-corrected chi connectivity index (χ2v) is 10.7. The molecule has 4 aromatic rings. The summed E-state index contributed by atoms with van der Waals surface area (Å²) in [4.78, 5) is 23.0. The largest absolute Gasteiger partial charge is 0.478 e. The predicted molar refractivity (Wildman–Crippen MR) is 144 cm³/mol. The van der Waals surface area contributed by atoms with Crippen LogP contribution in [0.25, 0.3) is 11.0 Å². The van der Waals surface area contributed by atoms with E-state index >= 15 is 4.39 Å². The summed E-state index contributed by atoms with van der Waals surface area (Å²) < 4.78 is 42.6. The van der Waals surface area contributed by atoms with Crippen LogP contribution in [-0.2, 0) is 37.4 Å². The van der Waals surface area contributed by atoms with E-state index in [1.54, 1.807) is 16.7 Å². The van der Waals surface area contributed by atoms with Gasteiger partial charge in [0.15, 0.2) is 5.82 Å². The highest BCUT2D eigenvalue weighted by Gasteiger charge is 2.27. The third-order valence-corrected chi connectivity index (χ3v) is 7.77. The quantitative estimate of drug-likeness (QED) is 0.285. The van der Waals surface area contributed by atoms with Crippen LogP contribution < -0.4 is 4.74 Å². The Balaban J connectivity index is 1.24. The number of rotatable bonds is 8. The summed E-state index contributed by atoms with van der Waals surface area (Å²) in [6, 6.07) is 8.95. The lowest BCUT2D eigenvalue weighted by Crippen LogP contribution is -2.34. The van der Waals surface area contributed by atoms with E-state index in [9.17, 15) is 14.3 Å². The van der Waals surface area contributed by atoms with Crippen molar-refractivity contribution in [3.8, 4) is 5.88 Å². The van der Waals surface area contributed by atoms with Gasteiger partial charge >= 0.3 is 5.97 Å². The van der Waals surface area contributed by atoms with E-state index in [1.165, 1.54) is 18.2 Å². The molecule has 40 heavy (non-hydrogen) atoms. The molecular formula is C28H24Cl2F2N4O4. The number of fused-ring (bicyclic) bond motifs is 2. The van der Waals surface area contributed by atoms with Crippen molar-refractivity contribution < 1.29 is 28.2 Å². The van der Waals surface area contributed by atoms with Gasteiger partial charge in [-0.05, 0) is 48.7 Å². The van der Waals surface area contributed by atoms with Crippen LogP contribution >= 0.6 is 23.2 Å². The molecular weight excluding hydrogens is 565 g/mol. The summed E-state index contributed by atoms with van der Waals surface area (Å²) in [5.41, 5.74) is 2.25. The van der Waals surface area contributed by atoms with Gasteiger partial charge in [0.25, 0.3) is 0 Å². The first-order valence-electron chi connectivity index (χ1n) is 12.8. The van der Waals surface area contributed by atoms with E-state index in [0.717, 1.165) is 17.7 Å². The van der Waals surface area contributed by atoms with Gasteiger partial charge in [-0.15, -0.1) is 0 Å². The lowest BCUT2D eigenvalue weighted by atomic mass is 10.1. The Bertz CT molecular complexity index is 1630. The Morgan fingerprint density at radius 2 is 2.00 bits per heavy atom. The molecule has 0 spiro atoms. The number of carboxylic acid groups (broad SMARTS) is 1. The summed E-state index contributed by atoms with van der Waals surface area (Å²) in [6.45, 7) is 2.50. The number of carboxylic acids is 1. The van der Waals surface area contributed by atoms with E-state index in [-0.39, 0.29) is 24.1 Å². The molecule has 2 aromatic carbocycles. The monoisotopic (exact) mass is 588 g/mol. The Labute approximate surface area is 238 Å². The van der Waals surface area contributed by atoms with Gasteiger partial charge in [0.05, 0.1) is 36.0 Å². The standard InChI is InChI=1S/C28H24Cl2F2N4O4/c29-17-2-1-16(21(31)10-17)14-40-27-20(30)9-15-5-7-35(12-23(15)34-27)13-24-33-22-4-3-19(28(37)38)25(32)26(22)36(24)11-18-6-8-39-18/h1-4,9-10,18H,5-8,11-14H2,(H,37,38)/t18-/m0/s1. The highest BCUT2D eigenvalue weighted by atomic mass is 35.5. The Morgan fingerprint density at radius 3 is 2.73 bits per heavy atom. The fourth-order valence-corrected chi connectivity index (χ4v) is 5.42. The van der Waals surface area contributed by atoms with Gasteiger partial charge in [-0.3, -0.25) is 4.90 Å². The number of hydrogen-bond acceptors (Lipinski definition) is 6. The topological polar surface area (TPSA) is 89.7 Å². The number of imidazole rings is 1. The summed E-state index contributed by atoms with van der Waals surface area (Å²) in [5.74, 6) is -1.80. The number of nitrogens with zero attached hydrogens (tertiary/aromatic N) is 4. The smallest absolute Gasteiger partial charge is 0.338 e. The zero-order valence-electron chi connectivity index (χ0n) is 21.2. The fraction of sp³-hybridized carbons (Fsp3) is 0.321. The molecule has 0 bridgehead atoms. The minimum atomic E-state index is -1.33. The van der Waals surface area contributed by atoms with E-state index in [4.69, 9.17) is 32.7 Å². The molecule has 4 heterocycles. The van der Waals surface area contributed by atoms with Crippen molar-refractivity contribution in [3.05, 3.63) is 86.3 Å². The van der Waals surface area contributed by atoms with Gasteiger partial charge in [0.2, 0.25) is 5.88 Å². The molecule has 1 N–H and O–H groups in total. The first kappa shape index (κ1) is 26.9. The number of ether oxygens (including phenoxy) is 2. The highest BCUT2D eigenvalue weighted by molar-refractivity contribution is 6.32. The zero-order chi connectivity index (χ0) is 28.0. The molecule has 2 aliphatic heterocycles. The number of hydrogen-bond donors (Lipinski definition) is 1. The van der Waals surface area contributed by atoms with Crippen LogP contribution in [0.5, 0.6) is 5.88 Å². The van der Waals surface area contributed by atoms with Gasteiger partial charge in [-0.25, -0.2) is 23.5 Å². The summed E-state index contributed by atoms with van der Waals surface area (Å²) in [6.07, 6.45) is 1.43. The SMILES string of the molecule is O=C(O)c1ccc2nc(CN3CCc4cc(Cl)c(OCc5ccc(Cl)cc5F)nc4C3)n(C[C@@H]3CCO3)c2c1F. The van der Waals surface area contributed by atoms with E-state index in [1.807, 2.05) is 6.07 Å². The third kappa shape index (κ3) is 5.24. The van der Waals surface area contributed by atoms with Crippen LogP contribution in [0.15, 0.2) is 36.4 Å². The van der Waals surface area contributed by atoms with E-state index in [2.05, 4.69) is 14.9 Å². The number of aromatic carboxylic acids is 1. The van der Waals surface area contributed by atoms with Crippen molar-refractivity contribution in [2.24, 2.45) is 0 Å². The van der Waals surface area contributed by atoms with Crippen LogP contribution in [0.2, 0.25) is 10.0 Å². The van der Waals surface area contributed by atoms with Gasteiger partial charge in [-0.1, -0.05) is 29.3 Å². The Hall–Kier alpha value is -3.31. The van der Waals surface area contributed by atoms with Gasteiger partial charge in [-0.2, -0.15) is 0 Å². The van der Waals surface area contributed by atoms with Crippen molar-refractivity contribution >= 4 is 40.2 Å². The molecule has 2 aliphatic rings.